The molecule has 0 amide bonds. The Kier molecular flexibility index (Phi) is 2.52. The minimum Gasteiger partial charge on any atom is -0.392 e. The van der Waals surface area contributed by atoms with Crippen LogP contribution in [0.4, 0.5) is 0 Å². The Bertz CT molecular complexity index is 123. The summed E-state index contributed by atoms with van der Waals surface area (Å²) in [4.78, 5) is 0. The minimum atomic E-state index is -0.809. The molecular formula is C8H16O3. The molecule has 0 aliphatic carbocycles. The normalized spacial score (nSPS) is 52.6. The van der Waals surface area contributed by atoms with Crippen LogP contribution in [0.3, 0.4) is 0 Å². The molecule has 0 saturated carbocycles. The van der Waals surface area contributed by atoms with Crippen molar-refractivity contribution in [2.75, 3.05) is 0 Å². The molecule has 5 atom stereocenters. The standard InChI is InChI=1S/C8H16O3/c1-4-6(3)11-8(10)5(2)7(4)9/h4-10H,1-3H3/t4-,5?,6?,7?,8+/m0/s1. The van der Waals surface area contributed by atoms with Gasteiger partial charge in [-0.05, 0) is 6.92 Å². The van der Waals surface area contributed by atoms with E-state index in [-0.39, 0.29) is 17.9 Å². The van der Waals surface area contributed by atoms with Crippen LogP contribution in [0.5, 0.6) is 0 Å². The van der Waals surface area contributed by atoms with Gasteiger partial charge in [0.05, 0.1) is 12.2 Å². The highest BCUT2D eigenvalue weighted by molar-refractivity contribution is 4.81. The van der Waals surface area contributed by atoms with Crippen molar-refractivity contribution in [1.29, 1.82) is 0 Å². The van der Waals surface area contributed by atoms with E-state index in [2.05, 4.69) is 0 Å². The molecule has 0 aromatic rings. The molecule has 3 heteroatoms. The summed E-state index contributed by atoms with van der Waals surface area (Å²) in [6.45, 7) is 5.58. The van der Waals surface area contributed by atoms with Crippen LogP contribution in [0.25, 0.3) is 0 Å². The number of hydrogen-bond acceptors (Lipinski definition) is 3. The summed E-state index contributed by atoms with van der Waals surface area (Å²) in [5, 5.41) is 18.8. The van der Waals surface area contributed by atoms with Gasteiger partial charge < -0.3 is 14.9 Å². The van der Waals surface area contributed by atoms with E-state index >= 15 is 0 Å². The number of hydrogen-bond donors (Lipinski definition) is 2. The highest BCUT2D eigenvalue weighted by Crippen LogP contribution is 2.28. The van der Waals surface area contributed by atoms with Crippen molar-refractivity contribution in [3.63, 3.8) is 0 Å². The summed E-state index contributed by atoms with van der Waals surface area (Å²) in [5.41, 5.74) is 0. The van der Waals surface area contributed by atoms with Crippen LogP contribution in [-0.2, 0) is 4.74 Å². The fourth-order valence-corrected chi connectivity index (χ4v) is 1.39. The lowest BCUT2D eigenvalue weighted by Crippen LogP contribution is -2.47. The Hall–Kier alpha value is -0.120. The van der Waals surface area contributed by atoms with E-state index in [1.54, 1.807) is 6.92 Å². The molecule has 3 unspecified atom stereocenters. The Morgan fingerprint density at radius 2 is 1.55 bits per heavy atom. The van der Waals surface area contributed by atoms with Gasteiger partial charge >= 0.3 is 0 Å². The molecule has 11 heavy (non-hydrogen) atoms. The Labute approximate surface area is 67.0 Å². The molecule has 1 fully saturated rings. The average molecular weight is 160 g/mol. The lowest BCUT2D eigenvalue weighted by molar-refractivity contribution is -0.236. The van der Waals surface area contributed by atoms with Crippen LogP contribution in [0.1, 0.15) is 20.8 Å². The summed E-state index contributed by atoms with van der Waals surface area (Å²) in [7, 11) is 0. The smallest absolute Gasteiger partial charge is 0.159 e. The summed E-state index contributed by atoms with van der Waals surface area (Å²) in [6, 6.07) is 0. The second-order valence-corrected chi connectivity index (χ2v) is 3.44. The van der Waals surface area contributed by atoms with E-state index in [9.17, 15) is 10.2 Å². The highest BCUT2D eigenvalue weighted by atomic mass is 16.6. The molecule has 1 aliphatic heterocycles. The summed E-state index contributed by atoms with van der Waals surface area (Å²) in [6.07, 6.45) is -1.32. The van der Waals surface area contributed by atoms with Crippen LogP contribution < -0.4 is 0 Å². The van der Waals surface area contributed by atoms with Gasteiger partial charge in [0.2, 0.25) is 0 Å². The molecule has 0 aromatic heterocycles. The van der Waals surface area contributed by atoms with E-state index in [1.807, 2.05) is 13.8 Å². The van der Waals surface area contributed by atoms with Crippen molar-refractivity contribution in [3.8, 4) is 0 Å². The molecular weight excluding hydrogens is 144 g/mol. The zero-order chi connectivity index (χ0) is 8.59. The van der Waals surface area contributed by atoms with E-state index in [0.29, 0.717) is 0 Å². The largest absolute Gasteiger partial charge is 0.392 e. The number of aliphatic hydroxyl groups is 2. The minimum absolute atomic E-state index is 0.0591. The number of ether oxygens (including phenoxy) is 1. The Morgan fingerprint density at radius 1 is 1.00 bits per heavy atom. The topological polar surface area (TPSA) is 49.7 Å². The predicted octanol–water partition coefficient (Wildman–Crippen LogP) is 0.357. The quantitative estimate of drug-likeness (QED) is 0.538. The van der Waals surface area contributed by atoms with Gasteiger partial charge in [-0.25, -0.2) is 0 Å². The molecule has 1 rings (SSSR count). The molecule has 3 nitrogen and oxygen atoms in total. The van der Waals surface area contributed by atoms with Crippen LogP contribution >= 0.6 is 0 Å². The Morgan fingerprint density at radius 3 is 2.09 bits per heavy atom. The van der Waals surface area contributed by atoms with Crippen LogP contribution in [0.15, 0.2) is 0 Å². The second kappa shape index (κ2) is 3.09. The summed E-state index contributed by atoms with van der Waals surface area (Å²) in [5.74, 6) is -0.0744. The van der Waals surface area contributed by atoms with Crippen molar-refractivity contribution < 1.29 is 14.9 Å². The van der Waals surface area contributed by atoms with Crippen molar-refractivity contribution in [1.82, 2.24) is 0 Å². The van der Waals surface area contributed by atoms with E-state index in [1.165, 1.54) is 0 Å². The molecule has 1 saturated heterocycles. The highest BCUT2D eigenvalue weighted by Gasteiger charge is 2.37. The summed E-state index contributed by atoms with van der Waals surface area (Å²) < 4.78 is 5.18. The average Bonchev–Trinajstić information content (AvgIpc) is 1.97. The third-order valence-corrected chi connectivity index (χ3v) is 2.62. The molecule has 0 bridgehead atoms. The molecule has 1 heterocycles. The maximum atomic E-state index is 9.55. The van der Waals surface area contributed by atoms with Crippen molar-refractivity contribution in [2.45, 2.75) is 39.3 Å². The first-order valence-electron chi connectivity index (χ1n) is 4.05. The third kappa shape index (κ3) is 1.55. The van der Waals surface area contributed by atoms with Gasteiger partial charge in [0.15, 0.2) is 6.29 Å². The first-order valence-corrected chi connectivity index (χ1v) is 4.05. The van der Waals surface area contributed by atoms with Crippen molar-refractivity contribution >= 4 is 0 Å². The fraction of sp³-hybridized carbons (Fsp3) is 1.00. The lowest BCUT2D eigenvalue weighted by atomic mass is 9.87. The molecule has 2 N–H and O–H groups in total. The van der Waals surface area contributed by atoms with Gasteiger partial charge in [-0.2, -0.15) is 0 Å². The molecule has 0 radical (unpaired) electrons. The molecule has 66 valence electrons. The van der Waals surface area contributed by atoms with Crippen LogP contribution in [0.2, 0.25) is 0 Å². The SMILES string of the molecule is CC1O[C@@H](O)C(C)C(O)[C@H]1C. The van der Waals surface area contributed by atoms with Crippen LogP contribution in [0, 0.1) is 11.8 Å². The zero-order valence-corrected chi connectivity index (χ0v) is 7.19. The van der Waals surface area contributed by atoms with E-state index in [0.717, 1.165) is 0 Å². The van der Waals surface area contributed by atoms with Gasteiger partial charge in [-0.15, -0.1) is 0 Å². The molecule has 1 aliphatic rings. The zero-order valence-electron chi connectivity index (χ0n) is 7.19. The summed E-state index contributed by atoms with van der Waals surface area (Å²) >= 11 is 0. The molecule has 0 aromatic carbocycles. The van der Waals surface area contributed by atoms with Gasteiger partial charge in [0.1, 0.15) is 0 Å². The number of aliphatic hydroxyl groups excluding tert-OH is 2. The van der Waals surface area contributed by atoms with Gasteiger partial charge in [-0.3, -0.25) is 0 Å². The van der Waals surface area contributed by atoms with Crippen LogP contribution in [-0.4, -0.2) is 28.7 Å². The fourth-order valence-electron chi connectivity index (χ4n) is 1.39. The Balaban J connectivity index is 2.63. The monoisotopic (exact) mass is 160 g/mol. The van der Waals surface area contributed by atoms with E-state index in [4.69, 9.17) is 4.74 Å². The first-order chi connectivity index (χ1) is 5.04. The second-order valence-electron chi connectivity index (χ2n) is 3.44. The van der Waals surface area contributed by atoms with Crippen molar-refractivity contribution in [3.05, 3.63) is 0 Å². The third-order valence-electron chi connectivity index (χ3n) is 2.62. The van der Waals surface area contributed by atoms with E-state index < -0.39 is 12.4 Å². The van der Waals surface area contributed by atoms with Gasteiger partial charge in [-0.1, -0.05) is 13.8 Å². The maximum Gasteiger partial charge on any atom is 0.159 e. The predicted molar refractivity (Wildman–Crippen MR) is 40.9 cm³/mol. The lowest BCUT2D eigenvalue weighted by Gasteiger charge is -2.38. The first kappa shape index (κ1) is 8.97. The maximum absolute atomic E-state index is 9.55. The van der Waals surface area contributed by atoms with Gasteiger partial charge in [0, 0.05) is 11.8 Å². The van der Waals surface area contributed by atoms with Crippen molar-refractivity contribution in [2.24, 2.45) is 11.8 Å². The van der Waals surface area contributed by atoms with Gasteiger partial charge in [0.25, 0.3) is 0 Å². The molecule has 0 spiro atoms. The number of rotatable bonds is 0.